The average Bonchev–Trinajstić information content (AvgIpc) is 2.49. The molecule has 0 aliphatic carbocycles. The molecule has 3 nitrogen and oxygen atoms in total. The number of hydrogen-bond acceptors (Lipinski definition) is 3. The Balaban J connectivity index is 0.00000529. The van der Waals surface area contributed by atoms with Crippen molar-refractivity contribution in [3.05, 3.63) is 29.3 Å². The van der Waals surface area contributed by atoms with Crippen LogP contribution in [0.5, 0.6) is 0 Å². The number of hydrogen-bond donors (Lipinski definition) is 0. The summed E-state index contributed by atoms with van der Waals surface area (Å²) in [6.07, 6.45) is 13.7. The fourth-order valence-electron chi connectivity index (χ4n) is 2.88. The Labute approximate surface area is 160 Å². The van der Waals surface area contributed by atoms with E-state index in [4.69, 9.17) is 0 Å². The Morgan fingerprint density at radius 3 is 1.88 bits per heavy atom. The minimum Gasteiger partial charge on any atom is -0.744 e. The molecular weight excluding hydrogens is 315 g/mol. The van der Waals surface area contributed by atoms with Crippen molar-refractivity contribution < 1.29 is 31.8 Å². The van der Waals surface area contributed by atoms with Crippen LogP contribution in [0.2, 0.25) is 0 Å². The van der Waals surface area contributed by atoms with Crippen molar-refractivity contribution in [1.82, 2.24) is 0 Å². The number of rotatable bonds is 12. The van der Waals surface area contributed by atoms with E-state index in [0.717, 1.165) is 24.0 Å². The second-order valence-electron chi connectivity index (χ2n) is 6.47. The first-order chi connectivity index (χ1) is 10.9. The van der Waals surface area contributed by atoms with Gasteiger partial charge in [0.2, 0.25) is 0 Å². The summed E-state index contributed by atoms with van der Waals surface area (Å²) >= 11 is 0. The molecule has 1 rings (SSSR count). The maximum absolute atomic E-state index is 11.1. The topological polar surface area (TPSA) is 57.2 Å². The first-order valence-electron chi connectivity index (χ1n) is 9.00. The molecule has 0 aliphatic rings. The molecule has 5 heteroatoms. The van der Waals surface area contributed by atoms with Gasteiger partial charge in [-0.25, -0.2) is 8.42 Å². The molecule has 0 aromatic heterocycles. The molecule has 132 valence electrons. The van der Waals surface area contributed by atoms with E-state index in [2.05, 4.69) is 6.92 Å². The molecule has 0 atom stereocenters. The van der Waals surface area contributed by atoms with Gasteiger partial charge in [0, 0.05) is 0 Å². The van der Waals surface area contributed by atoms with Gasteiger partial charge in [-0.3, -0.25) is 0 Å². The SMILES string of the molecule is CCCCCCCCCCCCc1cc(S(=O)(=O)[O-])ccc1C.[Li+]. The van der Waals surface area contributed by atoms with Crippen molar-refractivity contribution in [3.8, 4) is 0 Å². The predicted molar refractivity (Wildman–Crippen MR) is 94.7 cm³/mol. The fourth-order valence-corrected chi connectivity index (χ4v) is 3.40. The monoisotopic (exact) mass is 346 g/mol. The molecular formula is C19H31LiO3S. The molecule has 1 aromatic rings. The van der Waals surface area contributed by atoms with Gasteiger partial charge in [0.05, 0.1) is 4.90 Å². The summed E-state index contributed by atoms with van der Waals surface area (Å²) in [6.45, 7) is 4.21. The third kappa shape index (κ3) is 9.89. The minimum absolute atomic E-state index is 0. The molecule has 0 radical (unpaired) electrons. The van der Waals surface area contributed by atoms with Gasteiger partial charge in [-0.15, -0.1) is 0 Å². The second kappa shape index (κ2) is 13.0. The standard InChI is InChI=1S/C19H32O3S.Li/c1-3-4-5-6-7-8-9-10-11-12-13-18-16-19(23(20,21)22)15-14-17(18)2;/h14-16H,3-13H2,1-2H3,(H,20,21,22);/q;+1/p-1. The molecule has 0 heterocycles. The fraction of sp³-hybridized carbons (Fsp3) is 0.684. The van der Waals surface area contributed by atoms with E-state index in [0.29, 0.717) is 0 Å². The van der Waals surface area contributed by atoms with Crippen molar-refractivity contribution in [2.75, 3.05) is 0 Å². The second-order valence-corrected chi connectivity index (χ2v) is 7.85. The maximum atomic E-state index is 11.1. The van der Waals surface area contributed by atoms with Gasteiger partial charge in [-0.2, -0.15) is 0 Å². The van der Waals surface area contributed by atoms with Gasteiger partial charge in [0.25, 0.3) is 0 Å². The van der Waals surface area contributed by atoms with Crippen molar-refractivity contribution in [3.63, 3.8) is 0 Å². The number of benzene rings is 1. The van der Waals surface area contributed by atoms with E-state index in [1.807, 2.05) is 6.92 Å². The molecule has 0 N–H and O–H groups in total. The van der Waals surface area contributed by atoms with E-state index in [1.54, 1.807) is 12.1 Å². The quantitative estimate of drug-likeness (QED) is 0.332. The van der Waals surface area contributed by atoms with Crippen LogP contribution in [0.25, 0.3) is 0 Å². The summed E-state index contributed by atoms with van der Waals surface area (Å²) in [5.74, 6) is 0. The first kappa shape index (κ1) is 23.7. The van der Waals surface area contributed by atoms with Crippen LogP contribution in [0, 0.1) is 6.92 Å². The van der Waals surface area contributed by atoms with E-state index in [1.165, 1.54) is 63.9 Å². The van der Waals surface area contributed by atoms with Crippen LogP contribution >= 0.6 is 0 Å². The Morgan fingerprint density at radius 2 is 1.38 bits per heavy atom. The van der Waals surface area contributed by atoms with E-state index < -0.39 is 10.1 Å². The largest absolute Gasteiger partial charge is 1.00 e. The van der Waals surface area contributed by atoms with Crippen LogP contribution in [0.15, 0.2) is 23.1 Å². The summed E-state index contributed by atoms with van der Waals surface area (Å²) in [4.78, 5) is -0.106. The third-order valence-electron chi connectivity index (χ3n) is 4.41. The zero-order chi connectivity index (χ0) is 17.1. The van der Waals surface area contributed by atoms with Crippen LogP contribution in [-0.4, -0.2) is 13.0 Å². The Hall–Kier alpha value is -0.273. The van der Waals surface area contributed by atoms with Crippen LogP contribution in [-0.2, 0) is 16.5 Å². The Bertz CT molecular complexity index is 556. The van der Waals surface area contributed by atoms with Crippen LogP contribution in [0.3, 0.4) is 0 Å². The average molecular weight is 346 g/mol. The van der Waals surface area contributed by atoms with Crippen LogP contribution in [0.1, 0.15) is 82.3 Å². The molecule has 1 aromatic carbocycles. The molecule has 0 saturated heterocycles. The van der Waals surface area contributed by atoms with Gasteiger partial charge in [-0.1, -0.05) is 70.8 Å². The smallest absolute Gasteiger partial charge is 0.744 e. The molecule has 0 saturated carbocycles. The van der Waals surface area contributed by atoms with Gasteiger partial charge in [-0.05, 0) is 43.0 Å². The zero-order valence-corrected chi connectivity index (χ0v) is 16.5. The molecule has 24 heavy (non-hydrogen) atoms. The van der Waals surface area contributed by atoms with Gasteiger partial charge < -0.3 is 4.55 Å². The zero-order valence-electron chi connectivity index (χ0n) is 15.6. The van der Waals surface area contributed by atoms with Gasteiger partial charge in [0.15, 0.2) is 0 Å². The Morgan fingerprint density at radius 1 is 0.875 bits per heavy atom. The molecule has 0 amide bonds. The molecule has 0 spiro atoms. The van der Waals surface area contributed by atoms with Crippen molar-refractivity contribution >= 4 is 10.1 Å². The van der Waals surface area contributed by atoms with E-state index in [-0.39, 0.29) is 23.8 Å². The Kier molecular flexibility index (Phi) is 12.9. The maximum Gasteiger partial charge on any atom is 1.00 e. The van der Waals surface area contributed by atoms with Crippen molar-refractivity contribution in [1.29, 1.82) is 0 Å². The van der Waals surface area contributed by atoms with E-state index in [9.17, 15) is 13.0 Å². The molecule has 0 aliphatic heterocycles. The normalized spacial score (nSPS) is 11.3. The summed E-state index contributed by atoms with van der Waals surface area (Å²) in [7, 11) is -4.34. The van der Waals surface area contributed by atoms with Crippen LogP contribution < -0.4 is 18.9 Å². The summed E-state index contributed by atoms with van der Waals surface area (Å²) in [6, 6.07) is 4.68. The molecule has 0 bridgehead atoms. The third-order valence-corrected chi connectivity index (χ3v) is 5.24. The van der Waals surface area contributed by atoms with Gasteiger partial charge in [0.1, 0.15) is 10.1 Å². The van der Waals surface area contributed by atoms with Crippen molar-refractivity contribution in [2.45, 2.75) is 89.4 Å². The minimum atomic E-state index is -4.34. The number of unbranched alkanes of at least 4 members (excludes halogenated alkanes) is 9. The predicted octanol–water partition coefficient (Wildman–Crippen LogP) is 2.37. The van der Waals surface area contributed by atoms with Gasteiger partial charge >= 0.3 is 18.9 Å². The van der Waals surface area contributed by atoms with Crippen LogP contribution in [0.4, 0.5) is 0 Å². The number of aryl methyl sites for hydroxylation is 2. The first-order valence-corrected chi connectivity index (χ1v) is 10.4. The van der Waals surface area contributed by atoms with Crippen molar-refractivity contribution in [2.24, 2.45) is 0 Å². The summed E-state index contributed by atoms with van der Waals surface area (Å²) in [5, 5.41) is 0. The van der Waals surface area contributed by atoms with E-state index >= 15 is 0 Å². The summed E-state index contributed by atoms with van der Waals surface area (Å²) in [5.41, 5.74) is 2.05. The summed E-state index contributed by atoms with van der Waals surface area (Å²) < 4.78 is 33.2. The molecule has 0 unspecified atom stereocenters. The molecule has 0 fully saturated rings.